The van der Waals surface area contributed by atoms with E-state index in [2.05, 4.69) is 167 Å². The second kappa shape index (κ2) is 14.8. The van der Waals surface area contributed by atoms with Gasteiger partial charge in [-0.25, -0.2) is 8.96 Å². The smallest absolute Gasteiger partial charge is 0.258 e. The molecule has 0 saturated heterocycles. The van der Waals surface area contributed by atoms with Gasteiger partial charge in [0.25, 0.3) is 5.82 Å². The summed E-state index contributed by atoms with van der Waals surface area (Å²) in [6.45, 7) is 23.0. The molecule has 1 aliphatic heterocycles. The second-order valence-corrected chi connectivity index (χ2v) is 24.4. The fraction of sp³-hybridized carbons (Fsp3) is 0.288. The lowest BCUT2D eigenvalue weighted by atomic mass is 9.79. The highest BCUT2D eigenvalue weighted by molar-refractivity contribution is 7.26. The van der Waals surface area contributed by atoms with Gasteiger partial charge in [-0.05, 0) is 111 Å². The number of hydrogen-bond donors (Lipinski definition) is 0. The summed E-state index contributed by atoms with van der Waals surface area (Å²) in [5.74, 6) is 1.71. The highest BCUT2D eigenvalue weighted by Crippen LogP contribution is 2.47. The van der Waals surface area contributed by atoms with Crippen molar-refractivity contribution in [2.45, 2.75) is 85.5 Å². The van der Waals surface area contributed by atoms with E-state index in [1.54, 1.807) is 28.7 Å². The van der Waals surface area contributed by atoms with Crippen LogP contribution in [-0.2, 0) is 19.9 Å². The first-order valence-corrected chi connectivity index (χ1v) is 25.4. The average molecular weight is 815 g/mol. The SMILES string of the molecule is C=CC1C(CCc2cc(C)c3c(sc4cc(F)ccc43)c2-c2n(-c3cc(C)nc(C)c3)c3ccccc3[n+]2C)c2ccccc2-c2cc(CC(C)C)c([Si](C)(C)C)c[n+]21. The van der Waals surface area contributed by atoms with Gasteiger partial charge in [0.15, 0.2) is 23.3 Å². The van der Waals surface area contributed by atoms with E-state index >= 15 is 0 Å². The van der Waals surface area contributed by atoms with Crippen molar-refractivity contribution in [1.29, 1.82) is 0 Å². The second-order valence-electron chi connectivity index (χ2n) is 18.3. The van der Waals surface area contributed by atoms with Crippen LogP contribution in [0.25, 0.3) is 59.5 Å². The molecule has 0 spiro atoms. The van der Waals surface area contributed by atoms with Crippen LogP contribution in [0.3, 0.4) is 0 Å². The van der Waals surface area contributed by atoms with Gasteiger partial charge in [0.05, 0.1) is 31.3 Å². The predicted octanol–water partition coefficient (Wildman–Crippen LogP) is 12.1. The van der Waals surface area contributed by atoms with Gasteiger partial charge in [-0.1, -0.05) is 76.5 Å². The third-order valence-corrected chi connectivity index (χ3v) is 15.8. The molecule has 298 valence electrons. The summed E-state index contributed by atoms with van der Waals surface area (Å²) in [5, 5.41) is 3.86. The van der Waals surface area contributed by atoms with Gasteiger partial charge in [0, 0.05) is 55.8 Å². The number of allylic oxidation sites excluding steroid dienone is 1. The number of pyridine rings is 2. The van der Waals surface area contributed by atoms with Crippen LogP contribution in [0.4, 0.5) is 4.39 Å². The lowest BCUT2D eigenvalue weighted by Crippen LogP contribution is -2.53. The third-order valence-electron chi connectivity index (χ3n) is 12.5. The normalized spacial score (nSPS) is 15.4. The lowest BCUT2D eigenvalue weighted by Gasteiger charge is -2.31. The average Bonchev–Trinajstić information content (AvgIpc) is 3.70. The molecular weight excluding hydrogens is 760 g/mol. The standard InChI is InChI=1S/C52H55FN4SSi/c1-11-43-41(39-16-12-13-17-40(39)46-28-36(24-31(2)3)48(30-56(43)46)59(8,9)10)22-20-35-25-32(4)49-42-23-21-37(53)29-47(42)58-51(49)50(35)52-55(7)44-18-14-15-19-45(44)57(52)38-26-33(5)54-34(6)27-38/h11-19,21,23,25-31,41,43H,1,20,22,24H2,2-10H3/q+2. The van der Waals surface area contributed by atoms with Crippen LogP contribution in [0, 0.1) is 32.5 Å². The first kappa shape index (κ1) is 39.2. The van der Waals surface area contributed by atoms with Gasteiger partial charge < -0.3 is 0 Å². The first-order valence-electron chi connectivity index (χ1n) is 21.1. The third kappa shape index (κ3) is 6.67. The fourth-order valence-electron chi connectivity index (χ4n) is 10.1. The molecule has 0 radical (unpaired) electrons. The topological polar surface area (TPSA) is 25.6 Å². The minimum absolute atomic E-state index is 0.106. The summed E-state index contributed by atoms with van der Waals surface area (Å²) >= 11 is 1.71. The Labute approximate surface area is 353 Å². The predicted molar refractivity (Wildman–Crippen MR) is 249 cm³/mol. The molecule has 1 aliphatic rings. The molecule has 0 amide bonds. The number of aromatic nitrogens is 4. The Hall–Kier alpha value is -5.24. The molecule has 5 heterocycles. The van der Waals surface area contributed by atoms with Crippen molar-refractivity contribution in [1.82, 2.24) is 9.55 Å². The van der Waals surface area contributed by atoms with E-state index in [9.17, 15) is 4.39 Å². The number of halogens is 1. The Balaban J connectivity index is 1.27. The number of thiophene rings is 1. The van der Waals surface area contributed by atoms with Gasteiger partial charge in [0.1, 0.15) is 11.5 Å². The molecule has 8 aromatic rings. The summed E-state index contributed by atoms with van der Waals surface area (Å²) in [7, 11) is 0.522. The van der Waals surface area contributed by atoms with Crippen LogP contribution in [0.15, 0.2) is 110 Å². The van der Waals surface area contributed by atoms with Crippen molar-refractivity contribution >= 4 is 55.8 Å². The van der Waals surface area contributed by atoms with Crippen molar-refractivity contribution < 1.29 is 13.5 Å². The minimum atomic E-state index is -1.67. The quantitative estimate of drug-likeness (QED) is 0.0809. The highest BCUT2D eigenvalue weighted by atomic mass is 32.1. The maximum Gasteiger partial charge on any atom is 0.296 e. The summed E-state index contributed by atoms with van der Waals surface area (Å²) in [6, 6.07) is 32.5. The molecule has 2 atom stereocenters. The van der Waals surface area contributed by atoms with E-state index in [1.165, 1.54) is 49.2 Å². The minimum Gasteiger partial charge on any atom is -0.258 e. The van der Waals surface area contributed by atoms with Crippen LogP contribution in [0.5, 0.6) is 0 Å². The van der Waals surface area contributed by atoms with Gasteiger partial charge in [-0.15, -0.1) is 11.3 Å². The maximum absolute atomic E-state index is 14.9. The zero-order valence-corrected chi connectivity index (χ0v) is 37.8. The maximum atomic E-state index is 14.9. The molecular formula is C52H55FN4SSi+2. The molecule has 0 saturated carbocycles. The number of rotatable bonds is 9. The van der Waals surface area contributed by atoms with Gasteiger partial charge in [-0.2, -0.15) is 9.13 Å². The molecule has 0 fully saturated rings. The number of hydrogen-bond acceptors (Lipinski definition) is 2. The van der Waals surface area contributed by atoms with Crippen molar-refractivity contribution in [3.63, 3.8) is 0 Å². The number of nitrogens with zero attached hydrogens (tertiary/aromatic N) is 4. The lowest BCUT2D eigenvalue weighted by molar-refractivity contribution is -0.706. The molecule has 4 aromatic carbocycles. The first-order chi connectivity index (χ1) is 28.2. The number of imidazole rings is 1. The van der Waals surface area contributed by atoms with Crippen molar-refractivity contribution in [2.75, 3.05) is 0 Å². The Morgan fingerprint density at radius 3 is 2.37 bits per heavy atom. The zero-order valence-electron chi connectivity index (χ0n) is 36.0. The Morgan fingerprint density at radius 2 is 1.64 bits per heavy atom. The van der Waals surface area contributed by atoms with E-state index in [4.69, 9.17) is 4.98 Å². The molecule has 2 unspecified atom stereocenters. The van der Waals surface area contributed by atoms with Crippen molar-refractivity contribution in [3.8, 4) is 28.3 Å². The molecule has 0 bridgehead atoms. The number of fused-ring (bicyclic) bond motifs is 7. The van der Waals surface area contributed by atoms with Gasteiger partial charge >= 0.3 is 0 Å². The number of aryl methyl sites for hydroxylation is 5. The Kier molecular flexibility index (Phi) is 9.83. The zero-order chi connectivity index (χ0) is 41.5. The summed E-state index contributed by atoms with van der Waals surface area (Å²) in [6.07, 6.45) is 7.59. The van der Waals surface area contributed by atoms with Crippen LogP contribution in [0.1, 0.15) is 65.9 Å². The molecule has 7 heteroatoms. The van der Waals surface area contributed by atoms with E-state index in [1.807, 2.05) is 6.07 Å². The van der Waals surface area contributed by atoms with Gasteiger partial charge in [0.2, 0.25) is 5.69 Å². The highest BCUT2D eigenvalue weighted by Gasteiger charge is 2.41. The summed E-state index contributed by atoms with van der Waals surface area (Å²) < 4.78 is 24.4. The molecule has 0 N–H and O–H groups in total. The van der Waals surface area contributed by atoms with Crippen LogP contribution in [-0.4, -0.2) is 17.6 Å². The number of para-hydroxylation sites is 2. The van der Waals surface area contributed by atoms with E-state index in [-0.39, 0.29) is 17.8 Å². The molecule has 4 aromatic heterocycles. The van der Waals surface area contributed by atoms with E-state index < -0.39 is 8.07 Å². The molecule has 9 rings (SSSR count). The van der Waals surface area contributed by atoms with Crippen LogP contribution in [0.2, 0.25) is 19.6 Å². The fourth-order valence-corrected chi connectivity index (χ4v) is 13.2. The molecule has 0 aliphatic carbocycles. The Bertz CT molecular complexity index is 2960. The van der Waals surface area contributed by atoms with E-state index in [0.717, 1.165) is 63.3 Å². The molecule has 4 nitrogen and oxygen atoms in total. The molecule has 59 heavy (non-hydrogen) atoms. The van der Waals surface area contributed by atoms with Crippen LogP contribution >= 0.6 is 11.3 Å². The number of benzene rings is 4. The van der Waals surface area contributed by atoms with Gasteiger partial charge in [-0.3, -0.25) is 4.98 Å². The largest absolute Gasteiger partial charge is 0.296 e. The Morgan fingerprint density at radius 1 is 0.915 bits per heavy atom. The monoisotopic (exact) mass is 814 g/mol. The summed E-state index contributed by atoms with van der Waals surface area (Å²) in [4.78, 5) is 4.77. The van der Waals surface area contributed by atoms with Crippen molar-refractivity contribution in [2.24, 2.45) is 13.0 Å². The van der Waals surface area contributed by atoms with E-state index in [0.29, 0.717) is 5.92 Å². The summed E-state index contributed by atoms with van der Waals surface area (Å²) in [5.41, 5.74) is 14.6. The van der Waals surface area contributed by atoms with Crippen LogP contribution < -0.4 is 14.3 Å². The van der Waals surface area contributed by atoms with Crippen molar-refractivity contribution in [3.05, 3.63) is 149 Å².